The Kier molecular flexibility index (Phi) is 12.7. The second kappa shape index (κ2) is 20.4. The molecule has 0 spiro atoms. The standard InChI is InChI=1S/C78H64N2/c1-77(2,3)59-49-58(50-60(52-59)78(4,5)6)64-36-22-29-56-30-23-37-68(75(56)64)65-33-16-19-40-72(65)79(62-46-43-53(44-47-62)57-45-48-63(54-25-10-7-11-26-54)71(51-57)55-27-12-8-13-28-55)73-41-20-17-34-66(73)69-38-24-39-70-67-35-18-21-42-74(67)80(76(69)70)61-31-14-9-15-32-61/h7-52H,1-6H3. The zero-order chi connectivity index (χ0) is 54.5. The Labute approximate surface area is 471 Å². The van der Waals surface area contributed by atoms with E-state index >= 15 is 0 Å². The van der Waals surface area contributed by atoms with E-state index in [2.05, 4.69) is 330 Å². The zero-order valence-corrected chi connectivity index (χ0v) is 46.5. The van der Waals surface area contributed by atoms with Gasteiger partial charge in [-0.3, -0.25) is 0 Å². The molecule has 0 atom stereocenters. The Bertz CT molecular complexity index is 4360. The molecule has 0 N–H and O–H groups in total. The SMILES string of the molecule is CC(C)(C)c1cc(-c2cccc3cccc(-c4ccccc4N(c4ccc(-c5ccc(-c6ccccc6)c(-c6ccccc6)c5)cc4)c4ccccc4-c4cccc5c6ccccc6n(-c6ccccc6)c45)c23)cc(C(C)(C)C)c1. The molecule has 13 aromatic rings. The van der Waals surface area contributed by atoms with E-state index in [0.29, 0.717) is 0 Å². The topological polar surface area (TPSA) is 8.17 Å². The van der Waals surface area contributed by atoms with Crippen molar-refractivity contribution >= 4 is 49.6 Å². The third-order valence-electron chi connectivity index (χ3n) is 16.1. The molecular weight excluding hydrogens is 965 g/mol. The summed E-state index contributed by atoms with van der Waals surface area (Å²) in [7, 11) is 0. The first-order valence-electron chi connectivity index (χ1n) is 28.1. The second-order valence-corrected chi connectivity index (χ2v) is 23.3. The fourth-order valence-corrected chi connectivity index (χ4v) is 12.0. The summed E-state index contributed by atoms with van der Waals surface area (Å²) in [5, 5.41) is 4.89. The van der Waals surface area contributed by atoms with Crippen molar-refractivity contribution in [3.63, 3.8) is 0 Å². The molecule has 13 rings (SSSR count). The molecule has 386 valence electrons. The van der Waals surface area contributed by atoms with Crippen molar-refractivity contribution in [2.45, 2.75) is 52.4 Å². The molecular formula is C78H64N2. The van der Waals surface area contributed by atoms with E-state index in [9.17, 15) is 0 Å². The maximum atomic E-state index is 2.51. The average Bonchev–Trinajstić information content (AvgIpc) is 3.85. The first-order chi connectivity index (χ1) is 39.0. The van der Waals surface area contributed by atoms with Crippen molar-refractivity contribution < 1.29 is 0 Å². The lowest BCUT2D eigenvalue weighted by molar-refractivity contribution is 0.569. The number of rotatable bonds is 10. The van der Waals surface area contributed by atoms with E-state index in [4.69, 9.17) is 0 Å². The van der Waals surface area contributed by atoms with Crippen LogP contribution in [0.3, 0.4) is 0 Å². The Balaban J connectivity index is 1.04. The summed E-state index contributed by atoms with van der Waals surface area (Å²) in [6, 6.07) is 103. The van der Waals surface area contributed by atoms with Gasteiger partial charge in [0.25, 0.3) is 0 Å². The predicted molar refractivity (Wildman–Crippen MR) is 343 cm³/mol. The van der Waals surface area contributed by atoms with Crippen molar-refractivity contribution in [1.82, 2.24) is 4.57 Å². The van der Waals surface area contributed by atoms with Crippen LogP contribution in [-0.2, 0) is 10.8 Å². The number of nitrogens with zero attached hydrogens (tertiary/aromatic N) is 2. The van der Waals surface area contributed by atoms with Crippen molar-refractivity contribution in [1.29, 1.82) is 0 Å². The van der Waals surface area contributed by atoms with Crippen LogP contribution in [0.15, 0.2) is 279 Å². The van der Waals surface area contributed by atoms with Crippen molar-refractivity contribution in [3.05, 3.63) is 290 Å². The molecule has 0 bridgehead atoms. The number of aromatic nitrogens is 1. The minimum atomic E-state index is -0.0327. The molecule has 0 saturated heterocycles. The normalized spacial score (nSPS) is 11.9. The molecule has 0 amide bonds. The fourth-order valence-electron chi connectivity index (χ4n) is 12.0. The quantitative estimate of drug-likeness (QED) is 0.133. The highest BCUT2D eigenvalue weighted by Crippen LogP contribution is 2.50. The largest absolute Gasteiger partial charge is 0.309 e. The van der Waals surface area contributed by atoms with Crippen molar-refractivity contribution in [2.24, 2.45) is 0 Å². The summed E-state index contributed by atoms with van der Waals surface area (Å²) in [5.41, 5.74) is 23.5. The molecule has 0 aliphatic rings. The molecule has 12 aromatic carbocycles. The van der Waals surface area contributed by atoms with Gasteiger partial charge < -0.3 is 9.47 Å². The van der Waals surface area contributed by atoms with Crippen LogP contribution < -0.4 is 4.90 Å². The highest BCUT2D eigenvalue weighted by molar-refractivity contribution is 6.15. The van der Waals surface area contributed by atoms with Crippen LogP contribution in [0, 0.1) is 0 Å². The Morgan fingerprint density at radius 1 is 0.300 bits per heavy atom. The maximum absolute atomic E-state index is 2.51. The first kappa shape index (κ1) is 50.0. The van der Waals surface area contributed by atoms with Gasteiger partial charge in [-0.05, 0) is 131 Å². The maximum Gasteiger partial charge on any atom is 0.0620 e. The van der Waals surface area contributed by atoms with E-state index in [0.717, 1.165) is 50.6 Å². The predicted octanol–water partition coefficient (Wildman–Crippen LogP) is 22.0. The van der Waals surface area contributed by atoms with E-state index < -0.39 is 0 Å². The Morgan fingerprint density at radius 2 is 0.787 bits per heavy atom. The van der Waals surface area contributed by atoms with Gasteiger partial charge in [-0.1, -0.05) is 272 Å². The van der Waals surface area contributed by atoms with Gasteiger partial charge in [0.05, 0.1) is 22.4 Å². The third kappa shape index (κ3) is 9.17. The van der Waals surface area contributed by atoms with Gasteiger partial charge in [0.1, 0.15) is 0 Å². The van der Waals surface area contributed by atoms with E-state index in [-0.39, 0.29) is 10.8 Å². The molecule has 0 aliphatic carbocycles. The van der Waals surface area contributed by atoms with Gasteiger partial charge in [0.15, 0.2) is 0 Å². The molecule has 2 nitrogen and oxygen atoms in total. The van der Waals surface area contributed by atoms with Crippen LogP contribution in [0.4, 0.5) is 17.1 Å². The lowest BCUT2D eigenvalue weighted by Crippen LogP contribution is -2.16. The molecule has 1 aromatic heterocycles. The highest BCUT2D eigenvalue weighted by atomic mass is 15.1. The molecule has 0 fully saturated rings. The van der Waals surface area contributed by atoms with Crippen LogP contribution >= 0.6 is 0 Å². The average molecular weight is 1030 g/mol. The number of anilines is 3. The summed E-state index contributed by atoms with van der Waals surface area (Å²) in [4.78, 5) is 2.51. The number of para-hydroxylation sites is 5. The van der Waals surface area contributed by atoms with Crippen LogP contribution in [0.2, 0.25) is 0 Å². The van der Waals surface area contributed by atoms with Crippen molar-refractivity contribution in [3.8, 4) is 72.4 Å². The minimum absolute atomic E-state index is 0.0327. The van der Waals surface area contributed by atoms with Crippen LogP contribution in [0.25, 0.3) is 105 Å². The third-order valence-corrected chi connectivity index (χ3v) is 16.1. The highest BCUT2D eigenvalue weighted by Gasteiger charge is 2.26. The van der Waals surface area contributed by atoms with Gasteiger partial charge in [0.2, 0.25) is 0 Å². The zero-order valence-electron chi connectivity index (χ0n) is 46.5. The smallest absolute Gasteiger partial charge is 0.0620 e. The van der Waals surface area contributed by atoms with E-state index in [1.54, 1.807) is 0 Å². The second-order valence-electron chi connectivity index (χ2n) is 23.3. The number of hydrogen-bond acceptors (Lipinski definition) is 1. The molecule has 2 heteroatoms. The summed E-state index contributed by atoms with van der Waals surface area (Å²) in [6.45, 7) is 14.0. The molecule has 1 heterocycles. The van der Waals surface area contributed by atoms with Gasteiger partial charge in [-0.15, -0.1) is 0 Å². The van der Waals surface area contributed by atoms with Crippen molar-refractivity contribution in [2.75, 3.05) is 4.90 Å². The summed E-state index contributed by atoms with van der Waals surface area (Å²) in [5.74, 6) is 0. The molecule has 0 saturated carbocycles. The number of benzene rings is 12. The summed E-state index contributed by atoms with van der Waals surface area (Å²) in [6.07, 6.45) is 0. The van der Waals surface area contributed by atoms with Crippen LogP contribution in [-0.4, -0.2) is 4.57 Å². The lowest BCUT2D eigenvalue weighted by atomic mass is 9.78. The minimum Gasteiger partial charge on any atom is -0.309 e. The lowest BCUT2D eigenvalue weighted by Gasteiger charge is -2.31. The van der Waals surface area contributed by atoms with Gasteiger partial charge >= 0.3 is 0 Å². The first-order valence-corrected chi connectivity index (χ1v) is 28.1. The van der Waals surface area contributed by atoms with Gasteiger partial charge in [-0.2, -0.15) is 0 Å². The number of fused-ring (bicyclic) bond motifs is 4. The van der Waals surface area contributed by atoms with E-state index in [1.165, 1.54) is 82.6 Å². The molecule has 0 unspecified atom stereocenters. The van der Waals surface area contributed by atoms with Crippen LogP contribution in [0.5, 0.6) is 0 Å². The summed E-state index contributed by atoms with van der Waals surface area (Å²) < 4.78 is 2.45. The van der Waals surface area contributed by atoms with Crippen LogP contribution in [0.1, 0.15) is 52.7 Å². The monoisotopic (exact) mass is 1030 g/mol. The van der Waals surface area contributed by atoms with E-state index in [1.807, 2.05) is 0 Å². The fraction of sp³-hybridized carbons (Fsp3) is 0.103. The molecule has 0 radical (unpaired) electrons. The summed E-state index contributed by atoms with van der Waals surface area (Å²) >= 11 is 0. The molecule has 80 heavy (non-hydrogen) atoms. The number of hydrogen-bond donors (Lipinski definition) is 0. The Morgan fingerprint density at radius 3 is 1.43 bits per heavy atom. The Hall–Kier alpha value is -9.50. The van der Waals surface area contributed by atoms with Gasteiger partial charge in [-0.25, -0.2) is 0 Å². The molecule has 0 aliphatic heterocycles. The van der Waals surface area contributed by atoms with Gasteiger partial charge in [0, 0.05) is 38.8 Å².